The quantitative estimate of drug-likeness (QED) is 0.263. The standard InChI is InChI=1S/C23H24N4O6S/c28-27(29)21-7-1-17(2-8-21)15-18-3-4-19(23(18)26-11-13-33-14-12-26)16-24-25-20-5-9-22(10-6-20)34(30,31)32/h1-2,5-10,15-16,25H,3-4,11-14H2,(H,30,31,32)/b18-15-,24-16-. The van der Waals surface area contributed by atoms with E-state index in [4.69, 9.17) is 9.29 Å². The molecule has 1 heterocycles. The number of hydrazone groups is 1. The molecule has 0 radical (unpaired) electrons. The van der Waals surface area contributed by atoms with E-state index >= 15 is 0 Å². The van der Waals surface area contributed by atoms with E-state index in [1.54, 1.807) is 18.3 Å². The Morgan fingerprint density at radius 2 is 1.74 bits per heavy atom. The molecular formula is C23H24N4O6S. The summed E-state index contributed by atoms with van der Waals surface area (Å²) in [7, 11) is -4.24. The average Bonchev–Trinajstić information content (AvgIpc) is 3.22. The molecule has 1 aliphatic carbocycles. The number of nitro groups is 1. The highest BCUT2D eigenvalue weighted by atomic mass is 32.2. The smallest absolute Gasteiger partial charge is 0.294 e. The van der Waals surface area contributed by atoms with Gasteiger partial charge in [-0.15, -0.1) is 0 Å². The Morgan fingerprint density at radius 3 is 2.35 bits per heavy atom. The molecule has 1 aliphatic heterocycles. The Bertz CT molecular complexity index is 1250. The summed E-state index contributed by atoms with van der Waals surface area (Å²) in [6, 6.07) is 12.1. The van der Waals surface area contributed by atoms with Crippen LogP contribution in [0, 0.1) is 10.1 Å². The third kappa shape index (κ3) is 5.68. The van der Waals surface area contributed by atoms with E-state index in [-0.39, 0.29) is 10.6 Å². The first-order chi connectivity index (χ1) is 16.3. The van der Waals surface area contributed by atoms with Crippen molar-refractivity contribution in [3.05, 3.63) is 81.1 Å². The number of rotatable bonds is 7. The van der Waals surface area contributed by atoms with Gasteiger partial charge in [0, 0.05) is 30.9 Å². The molecule has 0 bridgehead atoms. The molecule has 4 rings (SSSR count). The lowest BCUT2D eigenvalue weighted by Crippen LogP contribution is -2.36. The van der Waals surface area contributed by atoms with Crippen molar-refractivity contribution in [1.29, 1.82) is 0 Å². The zero-order chi connectivity index (χ0) is 24.1. The van der Waals surface area contributed by atoms with Gasteiger partial charge in [-0.2, -0.15) is 13.5 Å². The summed E-state index contributed by atoms with van der Waals surface area (Å²) in [6.07, 6.45) is 5.42. The van der Waals surface area contributed by atoms with Gasteiger partial charge in [0.15, 0.2) is 0 Å². The second-order valence-electron chi connectivity index (χ2n) is 7.86. The largest absolute Gasteiger partial charge is 0.378 e. The topological polar surface area (TPSA) is 134 Å². The third-order valence-corrected chi connectivity index (χ3v) is 6.48. The number of non-ortho nitro benzene ring substituents is 1. The van der Waals surface area contributed by atoms with Crippen LogP contribution in [0.5, 0.6) is 0 Å². The normalized spacial score (nSPS) is 18.1. The van der Waals surface area contributed by atoms with E-state index in [0.717, 1.165) is 48.3 Å². The maximum Gasteiger partial charge on any atom is 0.294 e. The number of hydrogen-bond donors (Lipinski definition) is 2. The van der Waals surface area contributed by atoms with Crippen molar-refractivity contribution in [2.45, 2.75) is 17.7 Å². The van der Waals surface area contributed by atoms with Gasteiger partial charge in [0.1, 0.15) is 0 Å². The number of morpholine rings is 1. The molecule has 34 heavy (non-hydrogen) atoms. The Hall–Kier alpha value is -3.54. The lowest BCUT2D eigenvalue weighted by atomic mass is 10.1. The molecule has 1 saturated heterocycles. The second kappa shape index (κ2) is 10.2. The molecular weight excluding hydrogens is 460 g/mol. The third-order valence-electron chi connectivity index (χ3n) is 5.61. The summed E-state index contributed by atoms with van der Waals surface area (Å²) in [5, 5.41) is 15.3. The van der Waals surface area contributed by atoms with E-state index in [1.165, 1.54) is 36.4 Å². The van der Waals surface area contributed by atoms with Crippen molar-refractivity contribution in [1.82, 2.24) is 4.90 Å². The Morgan fingerprint density at radius 1 is 1.06 bits per heavy atom. The van der Waals surface area contributed by atoms with E-state index in [1.807, 2.05) is 0 Å². The van der Waals surface area contributed by atoms with Crippen LogP contribution in [0.2, 0.25) is 0 Å². The zero-order valence-electron chi connectivity index (χ0n) is 18.3. The van der Waals surface area contributed by atoms with Crippen LogP contribution in [-0.2, 0) is 14.9 Å². The Balaban J connectivity index is 1.57. The minimum atomic E-state index is -4.24. The molecule has 0 atom stereocenters. The second-order valence-corrected chi connectivity index (χ2v) is 9.28. The van der Waals surface area contributed by atoms with E-state index in [9.17, 15) is 18.5 Å². The van der Waals surface area contributed by atoms with Crippen LogP contribution in [0.25, 0.3) is 6.08 Å². The van der Waals surface area contributed by atoms with Crippen molar-refractivity contribution < 1.29 is 22.6 Å². The van der Waals surface area contributed by atoms with Crippen LogP contribution in [0.4, 0.5) is 11.4 Å². The molecule has 0 unspecified atom stereocenters. The van der Waals surface area contributed by atoms with Gasteiger partial charge in [-0.3, -0.25) is 20.1 Å². The molecule has 2 aromatic carbocycles. The predicted molar refractivity (Wildman–Crippen MR) is 128 cm³/mol. The summed E-state index contributed by atoms with van der Waals surface area (Å²) in [4.78, 5) is 12.6. The molecule has 11 heteroatoms. The monoisotopic (exact) mass is 484 g/mol. The summed E-state index contributed by atoms with van der Waals surface area (Å²) < 4.78 is 36.9. The summed E-state index contributed by atoms with van der Waals surface area (Å²) >= 11 is 0. The van der Waals surface area contributed by atoms with Crippen molar-refractivity contribution in [2.24, 2.45) is 5.10 Å². The van der Waals surface area contributed by atoms with Gasteiger partial charge in [-0.1, -0.05) is 0 Å². The van der Waals surface area contributed by atoms with Crippen LogP contribution < -0.4 is 5.43 Å². The van der Waals surface area contributed by atoms with Gasteiger partial charge in [0.2, 0.25) is 0 Å². The average molecular weight is 485 g/mol. The lowest BCUT2D eigenvalue weighted by molar-refractivity contribution is -0.384. The fraction of sp³-hybridized carbons (Fsp3) is 0.261. The first-order valence-electron chi connectivity index (χ1n) is 10.7. The van der Waals surface area contributed by atoms with Gasteiger partial charge in [-0.25, -0.2) is 0 Å². The van der Waals surface area contributed by atoms with Crippen LogP contribution in [0.15, 0.2) is 75.4 Å². The summed E-state index contributed by atoms with van der Waals surface area (Å²) in [5.41, 5.74) is 7.69. The molecule has 10 nitrogen and oxygen atoms in total. The fourth-order valence-electron chi connectivity index (χ4n) is 3.95. The number of nitro benzene ring substituents is 1. The molecule has 0 spiro atoms. The number of hydrogen-bond acceptors (Lipinski definition) is 8. The number of nitrogens with zero attached hydrogens (tertiary/aromatic N) is 3. The predicted octanol–water partition coefficient (Wildman–Crippen LogP) is 3.70. The summed E-state index contributed by atoms with van der Waals surface area (Å²) in [5.74, 6) is 0. The van der Waals surface area contributed by atoms with Gasteiger partial charge < -0.3 is 9.64 Å². The van der Waals surface area contributed by atoms with Gasteiger partial charge in [0.05, 0.1) is 34.9 Å². The highest BCUT2D eigenvalue weighted by molar-refractivity contribution is 7.85. The minimum Gasteiger partial charge on any atom is -0.378 e. The van der Waals surface area contributed by atoms with Gasteiger partial charge in [0.25, 0.3) is 15.8 Å². The van der Waals surface area contributed by atoms with Crippen molar-refractivity contribution in [3.8, 4) is 0 Å². The Labute approximate surface area is 197 Å². The van der Waals surface area contributed by atoms with E-state index in [2.05, 4.69) is 21.5 Å². The zero-order valence-corrected chi connectivity index (χ0v) is 19.1. The molecule has 1 fully saturated rings. The summed E-state index contributed by atoms with van der Waals surface area (Å²) in [6.45, 7) is 2.79. The first kappa shape index (κ1) is 23.6. The molecule has 2 N–H and O–H groups in total. The number of nitrogens with one attached hydrogen (secondary N) is 1. The van der Waals surface area contributed by atoms with Crippen LogP contribution in [-0.4, -0.2) is 55.3 Å². The maximum atomic E-state index is 11.2. The molecule has 0 aromatic heterocycles. The highest BCUT2D eigenvalue weighted by Crippen LogP contribution is 2.35. The fourth-order valence-corrected chi connectivity index (χ4v) is 4.43. The SMILES string of the molecule is O=[N+]([O-])c1ccc(/C=C2/CCC(/C=N\Nc3ccc(S(=O)(=O)O)cc3)=C2N2CCOCC2)cc1. The maximum absolute atomic E-state index is 11.2. The van der Waals surface area contributed by atoms with Crippen molar-refractivity contribution in [2.75, 3.05) is 31.7 Å². The van der Waals surface area contributed by atoms with Crippen molar-refractivity contribution in [3.63, 3.8) is 0 Å². The van der Waals surface area contributed by atoms with Gasteiger partial charge in [-0.05, 0) is 72.0 Å². The molecule has 2 aliphatic rings. The highest BCUT2D eigenvalue weighted by Gasteiger charge is 2.25. The lowest BCUT2D eigenvalue weighted by Gasteiger charge is -2.31. The molecule has 2 aromatic rings. The molecule has 0 amide bonds. The van der Waals surface area contributed by atoms with E-state index < -0.39 is 15.0 Å². The minimum absolute atomic E-state index is 0.0565. The number of ether oxygens (including phenoxy) is 1. The number of benzene rings is 2. The first-order valence-corrected chi connectivity index (χ1v) is 12.1. The van der Waals surface area contributed by atoms with Crippen LogP contribution >= 0.6 is 0 Å². The molecule has 178 valence electrons. The van der Waals surface area contributed by atoms with E-state index in [0.29, 0.717) is 18.9 Å². The van der Waals surface area contributed by atoms with Crippen molar-refractivity contribution >= 4 is 33.8 Å². The van der Waals surface area contributed by atoms with Crippen LogP contribution in [0.3, 0.4) is 0 Å². The van der Waals surface area contributed by atoms with Gasteiger partial charge >= 0.3 is 0 Å². The number of anilines is 1. The number of allylic oxidation sites excluding steroid dienone is 2. The van der Waals surface area contributed by atoms with Crippen LogP contribution in [0.1, 0.15) is 18.4 Å². The molecule has 0 saturated carbocycles. The Kier molecular flexibility index (Phi) is 7.06.